The quantitative estimate of drug-likeness (QED) is 0.708. The molecular weight excluding hydrogens is 325 g/mol. The van der Waals surface area contributed by atoms with Crippen LogP contribution in [0.25, 0.3) is 0 Å². The van der Waals surface area contributed by atoms with Crippen LogP contribution in [0.1, 0.15) is 13.2 Å². The Hall–Kier alpha value is -2.20. The minimum Gasteiger partial charge on any atom is -0.398 e. The van der Waals surface area contributed by atoms with Gasteiger partial charge in [-0.05, 0) is 18.5 Å². The summed E-state index contributed by atoms with van der Waals surface area (Å²) in [5.74, 6) is 0.130. The maximum atomic E-state index is 12.2. The second kappa shape index (κ2) is 5.96. The molecule has 9 heteroatoms. The van der Waals surface area contributed by atoms with Crippen molar-refractivity contribution in [2.45, 2.75) is 31.0 Å². The van der Waals surface area contributed by atoms with Gasteiger partial charge in [-0.1, -0.05) is 30.3 Å². The van der Waals surface area contributed by atoms with Crippen LogP contribution >= 0.6 is 0 Å². The summed E-state index contributed by atoms with van der Waals surface area (Å²) < 4.78 is 19.4. The van der Waals surface area contributed by atoms with E-state index in [2.05, 4.69) is 4.98 Å². The van der Waals surface area contributed by atoms with E-state index in [1.54, 1.807) is 0 Å². The van der Waals surface area contributed by atoms with Crippen molar-refractivity contribution in [3.05, 3.63) is 53.1 Å². The third-order valence-corrected chi connectivity index (χ3v) is 4.68. The van der Waals surface area contributed by atoms with E-state index in [4.69, 9.17) is 19.8 Å². The van der Waals surface area contributed by atoms with E-state index >= 15 is 0 Å². The first-order valence-corrected chi connectivity index (χ1v) is 8.02. The molecule has 0 amide bonds. The van der Waals surface area contributed by atoms with Gasteiger partial charge in [-0.25, -0.2) is 4.79 Å². The van der Waals surface area contributed by atoms with E-state index in [1.807, 2.05) is 37.3 Å². The Labute approximate surface area is 144 Å². The van der Waals surface area contributed by atoms with E-state index in [-0.39, 0.29) is 12.4 Å². The molecule has 0 aliphatic carbocycles. The summed E-state index contributed by atoms with van der Waals surface area (Å²) in [6.07, 6.45) is -0.425. The molecular formula is C16H18BN3O5. The van der Waals surface area contributed by atoms with E-state index in [0.717, 1.165) is 5.46 Å². The van der Waals surface area contributed by atoms with Crippen LogP contribution in [0.3, 0.4) is 0 Å². The lowest BCUT2D eigenvalue weighted by molar-refractivity contribution is -0.0809. The van der Waals surface area contributed by atoms with Gasteiger partial charge in [0, 0.05) is 6.20 Å². The summed E-state index contributed by atoms with van der Waals surface area (Å²) >= 11 is 0. The van der Waals surface area contributed by atoms with Crippen molar-refractivity contribution in [3.8, 4) is 0 Å². The van der Waals surface area contributed by atoms with Crippen molar-refractivity contribution in [2.75, 3.05) is 12.3 Å². The molecule has 4 rings (SSSR count). The number of anilines is 1. The number of rotatable bonds is 3. The summed E-state index contributed by atoms with van der Waals surface area (Å²) in [6, 6.07) is 11.0. The first-order chi connectivity index (χ1) is 12.0. The predicted octanol–water partition coefficient (Wildman–Crippen LogP) is -0.715. The fourth-order valence-electron chi connectivity index (χ4n) is 3.46. The first-order valence-electron chi connectivity index (χ1n) is 8.02. The minimum atomic E-state index is -0.963. The highest BCUT2D eigenvalue weighted by Gasteiger charge is 2.63. The van der Waals surface area contributed by atoms with Gasteiger partial charge >= 0.3 is 12.8 Å². The van der Waals surface area contributed by atoms with Gasteiger partial charge < -0.3 is 24.9 Å². The van der Waals surface area contributed by atoms with Gasteiger partial charge in [0.25, 0.3) is 0 Å². The molecule has 2 aliphatic rings. The number of fused-ring (bicyclic) bond motifs is 1. The smallest absolute Gasteiger partial charge is 0.398 e. The molecule has 3 N–H and O–H groups in total. The Balaban J connectivity index is 1.72. The largest absolute Gasteiger partial charge is 0.494 e. The van der Waals surface area contributed by atoms with Crippen LogP contribution in [0, 0.1) is 0 Å². The third kappa shape index (κ3) is 2.56. The van der Waals surface area contributed by atoms with E-state index in [1.165, 1.54) is 16.8 Å². The van der Waals surface area contributed by atoms with Crippen LogP contribution < -0.4 is 16.9 Å². The molecule has 1 aromatic carbocycles. The topological polar surface area (TPSA) is 109 Å². The molecule has 25 heavy (non-hydrogen) atoms. The lowest BCUT2D eigenvalue weighted by Crippen LogP contribution is -2.45. The summed E-state index contributed by atoms with van der Waals surface area (Å²) in [5.41, 5.74) is 4.91. The lowest BCUT2D eigenvalue weighted by atomic mass is 9.79. The SMILES string of the molecule is C[C@@]12OB(c3ccccc3)O[C@@H]1C(CO)OC2n1ccc(N)nc1=O. The molecule has 0 radical (unpaired) electrons. The zero-order valence-corrected chi connectivity index (χ0v) is 13.6. The molecule has 2 saturated heterocycles. The van der Waals surface area contributed by atoms with Crippen LogP contribution in [-0.4, -0.2) is 46.2 Å². The van der Waals surface area contributed by atoms with Gasteiger partial charge in [-0.3, -0.25) is 4.57 Å². The maximum Gasteiger partial charge on any atom is 0.494 e. The molecule has 3 heterocycles. The van der Waals surface area contributed by atoms with Crippen molar-refractivity contribution in [1.29, 1.82) is 0 Å². The number of hydrogen-bond acceptors (Lipinski definition) is 7. The lowest BCUT2D eigenvalue weighted by Gasteiger charge is -2.29. The number of nitrogens with two attached hydrogens (primary N) is 1. The number of nitrogens with zero attached hydrogens (tertiary/aromatic N) is 2. The van der Waals surface area contributed by atoms with Gasteiger partial charge in [-0.2, -0.15) is 4.98 Å². The Morgan fingerprint density at radius 3 is 2.80 bits per heavy atom. The van der Waals surface area contributed by atoms with Crippen LogP contribution in [0.5, 0.6) is 0 Å². The molecule has 0 bridgehead atoms. The third-order valence-electron chi connectivity index (χ3n) is 4.68. The standard InChI is InChI=1S/C16H18BN3O5/c1-16-13(24-17(25-16)10-5-3-2-4-6-10)11(9-21)23-14(16)20-8-7-12(18)19-15(20)22/h2-8,11,13-14,21H,9H2,1H3,(H2,18,19,22)/t11?,13-,14?,16-/m1/s1. The fraction of sp³-hybridized carbons (Fsp3) is 0.375. The minimum absolute atomic E-state index is 0.130. The van der Waals surface area contributed by atoms with Gasteiger partial charge in [0.05, 0.1) is 6.61 Å². The summed E-state index contributed by atoms with van der Waals surface area (Å²) in [4.78, 5) is 16.0. The van der Waals surface area contributed by atoms with Crippen LogP contribution in [0.15, 0.2) is 47.4 Å². The highest BCUT2D eigenvalue weighted by atomic mass is 16.7. The molecule has 2 unspecified atom stereocenters. The molecule has 2 aliphatic heterocycles. The van der Waals surface area contributed by atoms with Crippen molar-refractivity contribution in [3.63, 3.8) is 0 Å². The first kappa shape index (κ1) is 16.3. The zero-order chi connectivity index (χ0) is 17.6. The van der Waals surface area contributed by atoms with Crippen LogP contribution in [-0.2, 0) is 14.0 Å². The normalized spacial score (nSPS) is 31.3. The van der Waals surface area contributed by atoms with E-state index < -0.39 is 36.8 Å². The average Bonchev–Trinajstić information content (AvgIpc) is 3.08. The number of hydrogen-bond donors (Lipinski definition) is 2. The molecule has 2 fully saturated rings. The summed E-state index contributed by atoms with van der Waals surface area (Å²) in [5, 5.41) is 9.68. The Bertz CT molecular complexity index is 832. The Morgan fingerprint density at radius 1 is 1.36 bits per heavy atom. The Kier molecular flexibility index (Phi) is 3.88. The average molecular weight is 343 g/mol. The maximum absolute atomic E-state index is 12.2. The zero-order valence-electron chi connectivity index (χ0n) is 13.6. The highest BCUT2D eigenvalue weighted by molar-refractivity contribution is 6.62. The number of aliphatic hydroxyl groups is 1. The molecule has 8 nitrogen and oxygen atoms in total. The van der Waals surface area contributed by atoms with Gasteiger partial charge in [0.2, 0.25) is 0 Å². The van der Waals surface area contributed by atoms with E-state index in [9.17, 15) is 9.90 Å². The second-order valence-electron chi connectivity index (χ2n) is 6.35. The predicted molar refractivity (Wildman–Crippen MR) is 90.1 cm³/mol. The summed E-state index contributed by atoms with van der Waals surface area (Å²) in [6.45, 7) is 1.56. The number of aromatic nitrogens is 2. The van der Waals surface area contributed by atoms with Crippen molar-refractivity contribution < 1.29 is 19.2 Å². The van der Waals surface area contributed by atoms with Crippen LogP contribution in [0.2, 0.25) is 0 Å². The van der Waals surface area contributed by atoms with E-state index in [0.29, 0.717) is 0 Å². The van der Waals surface area contributed by atoms with Gasteiger partial charge in [0.1, 0.15) is 23.6 Å². The van der Waals surface area contributed by atoms with Crippen molar-refractivity contribution in [2.24, 2.45) is 0 Å². The van der Waals surface area contributed by atoms with Crippen LogP contribution in [0.4, 0.5) is 5.82 Å². The Morgan fingerprint density at radius 2 is 2.12 bits per heavy atom. The molecule has 0 spiro atoms. The van der Waals surface area contributed by atoms with Gasteiger partial charge in [0.15, 0.2) is 6.23 Å². The number of aliphatic hydroxyl groups excluding tert-OH is 1. The molecule has 0 saturated carbocycles. The molecule has 4 atom stereocenters. The number of benzene rings is 1. The monoisotopic (exact) mass is 343 g/mol. The fourth-order valence-corrected chi connectivity index (χ4v) is 3.46. The number of nitrogen functional groups attached to an aromatic ring is 1. The summed E-state index contributed by atoms with van der Waals surface area (Å²) in [7, 11) is -0.603. The molecule has 2 aromatic rings. The molecule has 130 valence electrons. The number of ether oxygens (including phenoxy) is 1. The van der Waals surface area contributed by atoms with Crippen molar-refractivity contribution >= 4 is 18.4 Å². The highest BCUT2D eigenvalue weighted by Crippen LogP contribution is 2.46. The van der Waals surface area contributed by atoms with Gasteiger partial charge in [-0.15, -0.1) is 0 Å². The molecule has 1 aromatic heterocycles. The van der Waals surface area contributed by atoms with Crippen molar-refractivity contribution in [1.82, 2.24) is 9.55 Å². The second-order valence-corrected chi connectivity index (χ2v) is 6.35.